The van der Waals surface area contributed by atoms with Crippen LogP contribution in [0.25, 0.3) is 11.1 Å². The molecule has 0 aliphatic carbocycles. The number of aliphatic hydroxyl groups excluding tert-OH is 1. The SMILES string of the molecule is CN1C(=O)N(c2c(F)cc(NCCNCCO)cc2F)c2cc(Cl)ccc2-c2cc(Cl)cnc21. The molecule has 0 saturated carbocycles. The highest BCUT2D eigenvalue weighted by Crippen LogP contribution is 2.45. The van der Waals surface area contributed by atoms with Crippen LogP contribution in [0, 0.1) is 11.6 Å². The first-order chi connectivity index (χ1) is 16.3. The number of aromatic nitrogens is 1. The van der Waals surface area contributed by atoms with Crippen LogP contribution < -0.4 is 20.4 Å². The molecule has 11 heteroatoms. The third-order valence-electron chi connectivity index (χ3n) is 5.28. The summed E-state index contributed by atoms with van der Waals surface area (Å²) in [7, 11) is 1.47. The van der Waals surface area contributed by atoms with Gasteiger partial charge >= 0.3 is 6.03 Å². The number of rotatable bonds is 7. The number of hydrogen-bond acceptors (Lipinski definition) is 5. The van der Waals surface area contributed by atoms with E-state index in [1.807, 2.05) is 0 Å². The van der Waals surface area contributed by atoms with Gasteiger partial charge in [-0.1, -0.05) is 29.3 Å². The summed E-state index contributed by atoms with van der Waals surface area (Å²) in [5.74, 6) is -1.58. The van der Waals surface area contributed by atoms with Crippen LogP contribution >= 0.6 is 23.2 Å². The van der Waals surface area contributed by atoms with E-state index in [-0.39, 0.29) is 28.8 Å². The Hall–Kier alpha value is -2.98. The van der Waals surface area contributed by atoms with Gasteiger partial charge in [0.25, 0.3) is 0 Å². The number of urea groups is 1. The summed E-state index contributed by atoms with van der Waals surface area (Å²) < 4.78 is 30.7. The fraction of sp³-hybridized carbons (Fsp3) is 0.217. The lowest BCUT2D eigenvalue weighted by atomic mass is 10.0. The molecule has 2 amide bonds. The van der Waals surface area contributed by atoms with Gasteiger partial charge in [-0.15, -0.1) is 0 Å². The lowest BCUT2D eigenvalue weighted by Gasteiger charge is -2.27. The summed E-state index contributed by atoms with van der Waals surface area (Å²) in [6.45, 7) is 1.27. The lowest BCUT2D eigenvalue weighted by molar-refractivity contribution is 0.254. The molecule has 1 aliphatic rings. The van der Waals surface area contributed by atoms with Gasteiger partial charge in [0.1, 0.15) is 11.5 Å². The number of benzene rings is 2. The maximum atomic E-state index is 15.3. The van der Waals surface area contributed by atoms with E-state index in [4.69, 9.17) is 28.3 Å². The average Bonchev–Trinajstić information content (AvgIpc) is 2.87. The topological polar surface area (TPSA) is 80.7 Å². The molecule has 1 aliphatic heterocycles. The quantitative estimate of drug-likeness (QED) is 0.390. The minimum Gasteiger partial charge on any atom is -0.395 e. The van der Waals surface area contributed by atoms with E-state index in [0.717, 1.165) is 17.0 Å². The van der Waals surface area contributed by atoms with Crippen LogP contribution in [-0.2, 0) is 0 Å². The molecule has 0 bridgehead atoms. The Morgan fingerprint density at radius 1 is 1.00 bits per heavy atom. The van der Waals surface area contributed by atoms with E-state index in [2.05, 4.69) is 15.6 Å². The van der Waals surface area contributed by atoms with E-state index in [1.54, 1.807) is 18.2 Å². The Balaban J connectivity index is 1.79. The van der Waals surface area contributed by atoms with Crippen molar-refractivity contribution in [2.75, 3.05) is 48.4 Å². The molecule has 7 nitrogen and oxygen atoms in total. The number of nitrogens with zero attached hydrogens (tertiary/aromatic N) is 3. The molecule has 0 unspecified atom stereocenters. The Bertz CT molecular complexity index is 1220. The number of nitrogens with one attached hydrogen (secondary N) is 2. The summed E-state index contributed by atoms with van der Waals surface area (Å²) in [6.07, 6.45) is 1.40. The Labute approximate surface area is 204 Å². The Morgan fingerprint density at radius 2 is 1.74 bits per heavy atom. The third kappa shape index (κ3) is 4.65. The molecule has 3 N–H and O–H groups in total. The summed E-state index contributed by atoms with van der Waals surface area (Å²) in [6, 6.07) is 7.89. The second kappa shape index (κ2) is 10.1. The fourth-order valence-electron chi connectivity index (χ4n) is 3.76. The molecule has 0 saturated heterocycles. The molecule has 1 aromatic heterocycles. The third-order valence-corrected chi connectivity index (χ3v) is 5.72. The molecule has 178 valence electrons. The monoisotopic (exact) mass is 507 g/mol. The molecule has 0 spiro atoms. The van der Waals surface area contributed by atoms with Crippen molar-refractivity contribution in [1.82, 2.24) is 10.3 Å². The number of amides is 2. The van der Waals surface area contributed by atoms with Crippen molar-refractivity contribution in [3.63, 3.8) is 0 Å². The van der Waals surface area contributed by atoms with Gasteiger partial charge in [0.15, 0.2) is 11.6 Å². The number of halogens is 4. The predicted octanol–water partition coefficient (Wildman–Crippen LogP) is 5.04. The smallest absolute Gasteiger partial charge is 0.334 e. The minimum atomic E-state index is -0.935. The van der Waals surface area contributed by atoms with Crippen LogP contribution in [0.15, 0.2) is 42.6 Å². The summed E-state index contributed by atoms with van der Waals surface area (Å²) in [4.78, 5) is 19.9. The maximum Gasteiger partial charge on any atom is 0.334 e. The number of anilines is 4. The lowest BCUT2D eigenvalue weighted by Crippen LogP contribution is -2.39. The molecular weight excluding hydrogens is 487 g/mol. The zero-order valence-electron chi connectivity index (χ0n) is 18.1. The Morgan fingerprint density at radius 3 is 2.44 bits per heavy atom. The van der Waals surface area contributed by atoms with Gasteiger partial charge in [-0.3, -0.25) is 9.80 Å². The number of carbonyl (C=O) groups is 1. The number of hydrogen-bond donors (Lipinski definition) is 3. The van der Waals surface area contributed by atoms with Crippen molar-refractivity contribution in [1.29, 1.82) is 0 Å². The molecule has 2 aromatic carbocycles. The van der Waals surface area contributed by atoms with E-state index < -0.39 is 23.4 Å². The van der Waals surface area contributed by atoms with Gasteiger partial charge in [0.2, 0.25) is 0 Å². The molecule has 0 fully saturated rings. The van der Waals surface area contributed by atoms with Crippen LogP contribution in [0.4, 0.5) is 36.5 Å². The maximum absolute atomic E-state index is 15.3. The average molecular weight is 508 g/mol. The van der Waals surface area contributed by atoms with E-state index >= 15 is 8.78 Å². The van der Waals surface area contributed by atoms with Gasteiger partial charge in [-0.25, -0.2) is 18.6 Å². The number of fused-ring (bicyclic) bond motifs is 3. The van der Waals surface area contributed by atoms with Gasteiger partial charge in [-0.05, 0) is 30.3 Å². The zero-order valence-corrected chi connectivity index (χ0v) is 19.6. The van der Waals surface area contributed by atoms with Crippen LogP contribution in [0.5, 0.6) is 0 Å². The van der Waals surface area contributed by atoms with Crippen LogP contribution in [0.3, 0.4) is 0 Å². The highest BCUT2D eigenvalue weighted by atomic mass is 35.5. The first-order valence-electron chi connectivity index (χ1n) is 10.4. The van der Waals surface area contributed by atoms with Crippen LogP contribution in [0.2, 0.25) is 10.0 Å². The van der Waals surface area contributed by atoms with E-state index in [0.29, 0.717) is 35.8 Å². The van der Waals surface area contributed by atoms with Gasteiger partial charge in [0, 0.05) is 54.7 Å². The van der Waals surface area contributed by atoms with E-state index in [9.17, 15) is 4.79 Å². The first kappa shape index (κ1) is 24.2. The van der Waals surface area contributed by atoms with Crippen LogP contribution in [0.1, 0.15) is 0 Å². The molecule has 4 rings (SSSR count). The summed E-state index contributed by atoms with van der Waals surface area (Å²) >= 11 is 12.4. The summed E-state index contributed by atoms with van der Waals surface area (Å²) in [5.41, 5.74) is 0.875. The van der Waals surface area contributed by atoms with Crippen molar-refractivity contribution >= 4 is 52.1 Å². The second-order valence-electron chi connectivity index (χ2n) is 7.55. The second-order valence-corrected chi connectivity index (χ2v) is 8.42. The zero-order chi connectivity index (χ0) is 24.4. The van der Waals surface area contributed by atoms with Crippen molar-refractivity contribution in [3.05, 3.63) is 64.3 Å². The number of aliphatic hydroxyl groups is 1. The minimum absolute atomic E-state index is 0.00660. The van der Waals surface area contributed by atoms with Gasteiger partial charge in [-0.2, -0.15) is 0 Å². The predicted molar refractivity (Wildman–Crippen MR) is 130 cm³/mol. The molecule has 0 atom stereocenters. The standard InChI is InChI=1S/C23H21Cl2F2N5O2/c1-31-22-17(8-14(25)12-30-22)16-3-2-13(24)9-20(16)32(23(31)34)21-18(26)10-15(11-19(21)27)29-5-4-28-6-7-33/h2-3,8-12,28-29,33H,4-7H2,1H3. The highest BCUT2D eigenvalue weighted by Gasteiger charge is 2.35. The normalized spacial score (nSPS) is 12.9. The number of pyridine rings is 1. The number of carbonyl (C=O) groups excluding carboxylic acids is 1. The van der Waals surface area contributed by atoms with Gasteiger partial charge in [0.05, 0.1) is 17.3 Å². The summed E-state index contributed by atoms with van der Waals surface area (Å²) in [5, 5.41) is 15.3. The molecular formula is C23H21Cl2F2N5O2. The van der Waals surface area contributed by atoms with Gasteiger partial charge < -0.3 is 15.7 Å². The highest BCUT2D eigenvalue weighted by molar-refractivity contribution is 6.32. The van der Waals surface area contributed by atoms with Crippen LogP contribution in [-0.4, -0.2) is 49.4 Å². The largest absolute Gasteiger partial charge is 0.395 e. The van der Waals surface area contributed by atoms with Crippen molar-refractivity contribution < 1.29 is 18.7 Å². The molecule has 34 heavy (non-hydrogen) atoms. The first-order valence-corrected chi connectivity index (χ1v) is 11.1. The van der Waals surface area contributed by atoms with Crippen molar-refractivity contribution in [3.8, 4) is 11.1 Å². The molecule has 0 radical (unpaired) electrons. The molecule has 2 heterocycles. The van der Waals surface area contributed by atoms with Crippen molar-refractivity contribution in [2.45, 2.75) is 0 Å². The van der Waals surface area contributed by atoms with Crippen molar-refractivity contribution in [2.24, 2.45) is 0 Å². The van der Waals surface area contributed by atoms with E-state index in [1.165, 1.54) is 24.2 Å². The molecule has 3 aromatic rings. The fourth-order valence-corrected chi connectivity index (χ4v) is 4.08. The Kier molecular flexibility index (Phi) is 7.18.